The second-order valence-electron chi connectivity index (χ2n) is 6.39. The Morgan fingerprint density at radius 2 is 1.81 bits per heavy atom. The molecule has 5 nitrogen and oxygen atoms in total. The average molecular weight is 375 g/mol. The van der Waals surface area contributed by atoms with E-state index in [1.807, 2.05) is 29.2 Å². The molecule has 1 fully saturated rings. The standard InChI is InChI=1S/C20H25NO4S/c1-13-7-5-6-12-21(13)20(22)17-11-10-16(26-17)14-8-9-15(23-2)19(25-4)18(14)24-3/h8-11,13H,5-7,12H2,1-4H3/t13-/m1/s1. The third-order valence-electron chi connectivity index (χ3n) is 4.85. The van der Waals surface area contributed by atoms with E-state index in [2.05, 4.69) is 6.92 Å². The Kier molecular flexibility index (Phi) is 5.71. The number of carbonyl (C=O) groups excluding carboxylic acids is 1. The summed E-state index contributed by atoms with van der Waals surface area (Å²) in [5, 5.41) is 0. The summed E-state index contributed by atoms with van der Waals surface area (Å²) >= 11 is 1.48. The molecule has 140 valence electrons. The van der Waals surface area contributed by atoms with Gasteiger partial charge in [0.15, 0.2) is 11.5 Å². The van der Waals surface area contributed by atoms with Crippen molar-refractivity contribution in [3.8, 4) is 27.7 Å². The van der Waals surface area contributed by atoms with Gasteiger partial charge in [0, 0.05) is 23.0 Å². The summed E-state index contributed by atoms with van der Waals surface area (Å²) in [5.74, 6) is 1.90. The highest BCUT2D eigenvalue weighted by Gasteiger charge is 2.26. The number of hydrogen-bond acceptors (Lipinski definition) is 5. The maximum atomic E-state index is 12.9. The van der Waals surface area contributed by atoms with Gasteiger partial charge in [-0.3, -0.25) is 4.79 Å². The molecule has 0 bridgehead atoms. The first-order valence-corrected chi connectivity index (χ1v) is 9.62. The van der Waals surface area contributed by atoms with Crippen LogP contribution >= 0.6 is 11.3 Å². The first-order chi connectivity index (χ1) is 12.6. The third kappa shape index (κ3) is 3.38. The van der Waals surface area contributed by atoms with Crippen LogP contribution in [0, 0.1) is 0 Å². The van der Waals surface area contributed by atoms with Crippen molar-refractivity contribution in [3.05, 3.63) is 29.1 Å². The van der Waals surface area contributed by atoms with E-state index in [0.717, 1.165) is 34.7 Å². The lowest BCUT2D eigenvalue weighted by Crippen LogP contribution is -2.41. The van der Waals surface area contributed by atoms with Crippen molar-refractivity contribution in [2.75, 3.05) is 27.9 Å². The highest BCUT2D eigenvalue weighted by molar-refractivity contribution is 7.17. The molecular weight excluding hydrogens is 350 g/mol. The SMILES string of the molecule is COc1ccc(-c2ccc(C(=O)N3CCCC[C@H]3C)s2)c(OC)c1OC. The molecule has 0 saturated carbocycles. The second-order valence-corrected chi connectivity index (χ2v) is 7.47. The summed E-state index contributed by atoms with van der Waals surface area (Å²) in [6.07, 6.45) is 3.36. The molecule has 0 aliphatic carbocycles. The molecule has 1 aromatic carbocycles. The predicted molar refractivity (Wildman–Crippen MR) is 104 cm³/mol. The number of benzene rings is 1. The summed E-state index contributed by atoms with van der Waals surface area (Å²) in [4.78, 5) is 16.6. The molecule has 0 radical (unpaired) electrons. The van der Waals surface area contributed by atoms with Crippen LogP contribution in [0.4, 0.5) is 0 Å². The quantitative estimate of drug-likeness (QED) is 0.774. The van der Waals surface area contributed by atoms with Crippen molar-refractivity contribution in [2.45, 2.75) is 32.2 Å². The van der Waals surface area contributed by atoms with Gasteiger partial charge in [0.1, 0.15) is 0 Å². The normalized spacial score (nSPS) is 17.1. The van der Waals surface area contributed by atoms with Crippen molar-refractivity contribution in [1.82, 2.24) is 4.90 Å². The van der Waals surface area contributed by atoms with Crippen molar-refractivity contribution >= 4 is 17.2 Å². The van der Waals surface area contributed by atoms with E-state index < -0.39 is 0 Å². The van der Waals surface area contributed by atoms with E-state index in [1.54, 1.807) is 21.3 Å². The van der Waals surface area contributed by atoms with Crippen LogP contribution in [-0.4, -0.2) is 44.7 Å². The smallest absolute Gasteiger partial charge is 0.264 e. The number of amides is 1. The van der Waals surface area contributed by atoms with Crippen LogP contribution in [0.15, 0.2) is 24.3 Å². The Morgan fingerprint density at radius 3 is 2.46 bits per heavy atom. The Bertz CT molecular complexity index is 786. The summed E-state index contributed by atoms with van der Waals surface area (Å²) in [6, 6.07) is 7.96. The first-order valence-electron chi connectivity index (χ1n) is 8.80. The van der Waals surface area contributed by atoms with Gasteiger partial charge in [0.25, 0.3) is 5.91 Å². The van der Waals surface area contributed by atoms with Crippen molar-refractivity contribution in [3.63, 3.8) is 0 Å². The molecule has 0 spiro atoms. The molecule has 1 saturated heterocycles. The Balaban J connectivity index is 1.94. The number of nitrogens with zero attached hydrogens (tertiary/aromatic N) is 1. The van der Waals surface area contributed by atoms with E-state index in [9.17, 15) is 4.79 Å². The van der Waals surface area contributed by atoms with Gasteiger partial charge >= 0.3 is 0 Å². The molecule has 6 heteroatoms. The molecule has 2 heterocycles. The van der Waals surface area contributed by atoms with Gasteiger partial charge in [-0.25, -0.2) is 0 Å². The molecule has 0 unspecified atom stereocenters. The summed E-state index contributed by atoms with van der Waals surface area (Å²) in [5.41, 5.74) is 0.890. The number of likely N-dealkylation sites (tertiary alicyclic amines) is 1. The number of hydrogen-bond donors (Lipinski definition) is 0. The molecule has 2 aromatic rings. The lowest BCUT2D eigenvalue weighted by Gasteiger charge is -2.33. The van der Waals surface area contributed by atoms with Gasteiger partial charge in [-0.1, -0.05) is 0 Å². The zero-order valence-corrected chi connectivity index (χ0v) is 16.5. The molecule has 26 heavy (non-hydrogen) atoms. The van der Waals surface area contributed by atoms with Gasteiger partial charge < -0.3 is 19.1 Å². The van der Waals surface area contributed by atoms with Gasteiger partial charge in [0.2, 0.25) is 5.75 Å². The molecule has 0 N–H and O–H groups in total. The Morgan fingerprint density at radius 1 is 1.04 bits per heavy atom. The van der Waals surface area contributed by atoms with Crippen molar-refractivity contribution in [2.24, 2.45) is 0 Å². The minimum atomic E-state index is 0.118. The Labute approximate surface area is 158 Å². The van der Waals surface area contributed by atoms with Gasteiger partial charge in [-0.15, -0.1) is 11.3 Å². The number of carbonyl (C=O) groups is 1. The van der Waals surface area contributed by atoms with Crippen molar-refractivity contribution in [1.29, 1.82) is 0 Å². The van der Waals surface area contributed by atoms with E-state index in [1.165, 1.54) is 17.8 Å². The topological polar surface area (TPSA) is 48.0 Å². The minimum absolute atomic E-state index is 0.118. The monoisotopic (exact) mass is 375 g/mol. The van der Waals surface area contributed by atoms with Crippen LogP contribution in [0.3, 0.4) is 0 Å². The number of methoxy groups -OCH3 is 3. The third-order valence-corrected chi connectivity index (χ3v) is 5.96. The molecule has 3 rings (SSSR count). The van der Waals surface area contributed by atoms with Crippen LogP contribution in [0.1, 0.15) is 35.9 Å². The number of ether oxygens (including phenoxy) is 3. The van der Waals surface area contributed by atoms with E-state index in [0.29, 0.717) is 23.3 Å². The van der Waals surface area contributed by atoms with Gasteiger partial charge in [0.05, 0.1) is 26.2 Å². The fraction of sp³-hybridized carbons (Fsp3) is 0.450. The lowest BCUT2D eigenvalue weighted by atomic mass is 10.0. The summed E-state index contributed by atoms with van der Waals surface area (Å²) in [6.45, 7) is 2.97. The molecular formula is C20H25NO4S. The average Bonchev–Trinajstić information content (AvgIpc) is 3.16. The van der Waals surface area contributed by atoms with Crippen LogP contribution in [0.2, 0.25) is 0 Å². The predicted octanol–water partition coefficient (Wildman–Crippen LogP) is 4.46. The minimum Gasteiger partial charge on any atom is -0.493 e. The molecule has 1 aliphatic heterocycles. The molecule has 1 aliphatic rings. The maximum Gasteiger partial charge on any atom is 0.264 e. The highest BCUT2D eigenvalue weighted by atomic mass is 32.1. The van der Waals surface area contributed by atoms with E-state index in [-0.39, 0.29) is 5.91 Å². The van der Waals surface area contributed by atoms with E-state index in [4.69, 9.17) is 14.2 Å². The van der Waals surface area contributed by atoms with Crippen LogP contribution in [0.25, 0.3) is 10.4 Å². The fourth-order valence-corrected chi connectivity index (χ4v) is 4.42. The van der Waals surface area contributed by atoms with Crippen molar-refractivity contribution < 1.29 is 19.0 Å². The summed E-state index contributed by atoms with van der Waals surface area (Å²) < 4.78 is 16.4. The van der Waals surface area contributed by atoms with Gasteiger partial charge in [-0.2, -0.15) is 0 Å². The van der Waals surface area contributed by atoms with Crippen LogP contribution < -0.4 is 14.2 Å². The molecule has 1 amide bonds. The molecule has 1 aromatic heterocycles. The van der Waals surface area contributed by atoms with E-state index >= 15 is 0 Å². The second kappa shape index (κ2) is 7.99. The Hall–Kier alpha value is -2.21. The van der Waals surface area contributed by atoms with Gasteiger partial charge in [-0.05, 0) is 50.5 Å². The first kappa shape index (κ1) is 18.6. The lowest BCUT2D eigenvalue weighted by molar-refractivity contribution is 0.0640. The molecule has 1 atom stereocenters. The zero-order chi connectivity index (χ0) is 18.7. The fourth-order valence-electron chi connectivity index (χ4n) is 3.43. The van der Waals surface area contributed by atoms with Crippen LogP contribution in [0.5, 0.6) is 17.2 Å². The summed E-state index contributed by atoms with van der Waals surface area (Å²) in [7, 11) is 4.79. The number of piperidine rings is 1. The largest absolute Gasteiger partial charge is 0.493 e. The van der Waals surface area contributed by atoms with Crippen LogP contribution in [-0.2, 0) is 0 Å². The number of thiophene rings is 1. The zero-order valence-electron chi connectivity index (χ0n) is 15.7. The highest BCUT2D eigenvalue weighted by Crippen LogP contribution is 2.46. The maximum absolute atomic E-state index is 12.9. The number of rotatable bonds is 5.